The first-order valence-corrected chi connectivity index (χ1v) is 5.70. The van der Waals surface area contributed by atoms with Crippen LogP contribution in [0.1, 0.15) is 5.56 Å². The van der Waals surface area contributed by atoms with Gasteiger partial charge in [-0.2, -0.15) is 5.26 Å². The van der Waals surface area contributed by atoms with Gasteiger partial charge in [-0.05, 0) is 12.1 Å². The van der Waals surface area contributed by atoms with Crippen LogP contribution in [0.4, 0.5) is 0 Å². The van der Waals surface area contributed by atoms with Gasteiger partial charge in [0.2, 0.25) is 0 Å². The Morgan fingerprint density at radius 2 is 2.28 bits per heavy atom. The molecule has 0 bridgehead atoms. The fourth-order valence-corrected chi connectivity index (χ4v) is 1.70. The standard InChI is InChI=1S/C12H10Cl2N2O2/c1-18-12(17)7-16-6-8(5-15)10-3-2-9(13)4-11(10)14/h2-4,6,16H,7H2,1H3/b8-6+. The minimum Gasteiger partial charge on any atom is -0.468 e. The van der Waals surface area contributed by atoms with E-state index in [1.54, 1.807) is 18.2 Å². The van der Waals surface area contributed by atoms with Gasteiger partial charge >= 0.3 is 5.97 Å². The van der Waals surface area contributed by atoms with E-state index in [9.17, 15) is 4.79 Å². The molecule has 0 radical (unpaired) electrons. The van der Waals surface area contributed by atoms with Crippen molar-refractivity contribution in [2.45, 2.75) is 0 Å². The Hall–Kier alpha value is -1.70. The van der Waals surface area contributed by atoms with Crippen LogP contribution in [0.5, 0.6) is 0 Å². The maximum atomic E-state index is 10.9. The topological polar surface area (TPSA) is 62.1 Å². The molecule has 6 heteroatoms. The van der Waals surface area contributed by atoms with Gasteiger partial charge in [0.05, 0.1) is 17.7 Å². The predicted octanol–water partition coefficient (Wildman–Crippen LogP) is 2.62. The normalized spacial score (nSPS) is 10.7. The second-order valence-electron chi connectivity index (χ2n) is 3.25. The smallest absolute Gasteiger partial charge is 0.325 e. The van der Waals surface area contributed by atoms with E-state index >= 15 is 0 Å². The highest BCUT2D eigenvalue weighted by Crippen LogP contribution is 2.26. The molecular formula is C12H10Cl2N2O2. The fourth-order valence-electron chi connectivity index (χ4n) is 1.19. The summed E-state index contributed by atoms with van der Waals surface area (Å²) in [7, 11) is 1.29. The van der Waals surface area contributed by atoms with Crippen LogP contribution in [-0.4, -0.2) is 19.6 Å². The van der Waals surface area contributed by atoms with Crippen molar-refractivity contribution in [3.05, 3.63) is 40.0 Å². The summed E-state index contributed by atoms with van der Waals surface area (Å²) in [5.74, 6) is -0.425. The van der Waals surface area contributed by atoms with Crippen LogP contribution in [0.2, 0.25) is 10.0 Å². The molecule has 0 aromatic heterocycles. The van der Waals surface area contributed by atoms with Crippen molar-refractivity contribution in [2.75, 3.05) is 13.7 Å². The van der Waals surface area contributed by atoms with Crippen LogP contribution < -0.4 is 5.32 Å². The van der Waals surface area contributed by atoms with Crippen LogP contribution in [0.25, 0.3) is 5.57 Å². The van der Waals surface area contributed by atoms with Crippen LogP contribution in [0.15, 0.2) is 24.4 Å². The third-order valence-corrected chi connectivity index (χ3v) is 2.61. The third kappa shape index (κ3) is 3.95. The van der Waals surface area contributed by atoms with E-state index in [1.165, 1.54) is 13.3 Å². The van der Waals surface area contributed by atoms with Gasteiger partial charge < -0.3 is 10.1 Å². The van der Waals surface area contributed by atoms with Crippen molar-refractivity contribution in [1.29, 1.82) is 5.26 Å². The Morgan fingerprint density at radius 3 is 2.83 bits per heavy atom. The number of rotatable bonds is 4. The molecule has 0 aliphatic carbocycles. The lowest BCUT2D eigenvalue weighted by Gasteiger charge is -2.04. The van der Waals surface area contributed by atoms with E-state index < -0.39 is 5.97 Å². The first-order valence-electron chi connectivity index (χ1n) is 4.94. The van der Waals surface area contributed by atoms with E-state index in [0.717, 1.165) is 0 Å². The molecule has 1 aromatic carbocycles. The zero-order valence-electron chi connectivity index (χ0n) is 9.54. The van der Waals surface area contributed by atoms with E-state index in [4.69, 9.17) is 28.5 Å². The van der Waals surface area contributed by atoms with E-state index in [-0.39, 0.29) is 6.54 Å². The number of allylic oxidation sites excluding steroid dienone is 1. The minimum absolute atomic E-state index is 0.0209. The van der Waals surface area contributed by atoms with Gasteiger partial charge in [0, 0.05) is 16.8 Å². The Labute approximate surface area is 115 Å². The predicted molar refractivity (Wildman–Crippen MR) is 70.1 cm³/mol. The summed E-state index contributed by atoms with van der Waals surface area (Å²) in [4.78, 5) is 10.9. The monoisotopic (exact) mass is 284 g/mol. The first kappa shape index (κ1) is 14.4. The molecule has 0 amide bonds. The maximum absolute atomic E-state index is 10.9. The highest BCUT2D eigenvalue weighted by atomic mass is 35.5. The van der Waals surface area contributed by atoms with Crippen molar-refractivity contribution < 1.29 is 9.53 Å². The number of benzene rings is 1. The molecule has 0 atom stereocenters. The zero-order valence-corrected chi connectivity index (χ0v) is 11.0. The van der Waals surface area contributed by atoms with E-state index in [2.05, 4.69) is 10.1 Å². The van der Waals surface area contributed by atoms with Crippen molar-refractivity contribution in [3.63, 3.8) is 0 Å². The van der Waals surface area contributed by atoms with Crippen molar-refractivity contribution in [3.8, 4) is 6.07 Å². The molecule has 1 aromatic rings. The average Bonchev–Trinajstić information content (AvgIpc) is 2.35. The fraction of sp³-hybridized carbons (Fsp3) is 0.167. The van der Waals surface area contributed by atoms with Gasteiger partial charge in [-0.1, -0.05) is 29.3 Å². The molecule has 0 aliphatic heterocycles. The highest BCUT2D eigenvalue weighted by Gasteiger charge is 2.07. The highest BCUT2D eigenvalue weighted by molar-refractivity contribution is 6.35. The number of nitriles is 1. The van der Waals surface area contributed by atoms with Crippen LogP contribution in [0.3, 0.4) is 0 Å². The minimum atomic E-state index is -0.425. The summed E-state index contributed by atoms with van der Waals surface area (Å²) in [6.07, 6.45) is 1.41. The number of halogens is 2. The van der Waals surface area contributed by atoms with Gasteiger partial charge in [-0.3, -0.25) is 4.79 Å². The lowest BCUT2D eigenvalue weighted by Crippen LogP contribution is -2.19. The lowest BCUT2D eigenvalue weighted by atomic mass is 10.1. The van der Waals surface area contributed by atoms with Crippen molar-refractivity contribution >= 4 is 34.7 Å². The Kier molecular flexibility index (Phi) is 5.50. The summed E-state index contributed by atoms with van der Waals surface area (Å²) < 4.78 is 4.45. The third-order valence-electron chi connectivity index (χ3n) is 2.06. The number of esters is 1. The van der Waals surface area contributed by atoms with E-state index in [1.807, 2.05) is 6.07 Å². The van der Waals surface area contributed by atoms with Crippen LogP contribution in [0, 0.1) is 11.3 Å². The number of carbonyl (C=O) groups excluding carboxylic acids is 1. The molecule has 1 rings (SSSR count). The van der Waals surface area contributed by atoms with Crippen molar-refractivity contribution in [1.82, 2.24) is 5.32 Å². The number of hydrogen-bond acceptors (Lipinski definition) is 4. The Balaban J connectivity index is 2.86. The van der Waals surface area contributed by atoms with Gasteiger partial charge in [0.25, 0.3) is 0 Å². The molecule has 0 saturated carbocycles. The summed E-state index contributed by atoms with van der Waals surface area (Å²) >= 11 is 11.7. The summed E-state index contributed by atoms with van der Waals surface area (Å²) in [5.41, 5.74) is 0.849. The maximum Gasteiger partial charge on any atom is 0.325 e. The molecule has 0 heterocycles. The van der Waals surface area contributed by atoms with E-state index in [0.29, 0.717) is 21.2 Å². The molecule has 0 spiro atoms. The van der Waals surface area contributed by atoms with Crippen LogP contribution in [-0.2, 0) is 9.53 Å². The van der Waals surface area contributed by atoms with Gasteiger partial charge in [0.15, 0.2) is 0 Å². The zero-order chi connectivity index (χ0) is 13.5. The molecule has 94 valence electrons. The van der Waals surface area contributed by atoms with Crippen molar-refractivity contribution in [2.24, 2.45) is 0 Å². The largest absolute Gasteiger partial charge is 0.468 e. The second-order valence-corrected chi connectivity index (χ2v) is 4.09. The summed E-state index contributed by atoms with van der Waals surface area (Å²) in [6.45, 7) is -0.0209. The quantitative estimate of drug-likeness (QED) is 0.682. The number of nitrogens with one attached hydrogen (secondary N) is 1. The van der Waals surface area contributed by atoms with Crippen LogP contribution >= 0.6 is 23.2 Å². The number of methoxy groups -OCH3 is 1. The molecule has 0 fully saturated rings. The molecule has 0 aliphatic rings. The summed E-state index contributed by atoms with van der Waals surface area (Å²) in [6, 6.07) is 6.81. The average molecular weight is 285 g/mol. The molecule has 0 saturated heterocycles. The SMILES string of the molecule is COC(=O)CN/C=C(\C#N)c1ccc(Cl)cc1Cl. The number of hydrogen-bond donors (Lipinski definition) is 1. The molecule has 1 N–H and O–H groups in total. The second kappa shape index (κ2) is 6.90. The van der Waals surface area contributed by atoms with Gasteiger partial charge in [-0.15, -0.1) is 0 Å². The summed E-state index contributed by atoms with van der Waals surface area (Å²) in [5, 5.41) is 12.6. The Morgan fingerprint density at radius 1 is 1.56 bits per heavy atom. The lowest BCUT2D eigenvalue weighted by molar-refractivity contribution is -0.139. The molecule has 0 unspecified atom stereocenters. The van der Waals surface area contributed by atoms with Gasteiger partial charge in [-0.25, -0.2) is 0 Å². The van der Waals surface area contributed by atoms with Gasteiger partial charge in [0.1, 0.15) is 12.6 Å². The molecular weight excluding hydrogens is 275 g/mol. The molecule has 4 nitrogen and oxygen atoms in total. The number of ether oxygens (including phenoxy) is 1. The first-order chi connectivity index (χ1) is 8.58. The number of carbonyl (C=O) groups is 1. The molecule has 18 heavy (non-hydrogen) atoms. The number of nitrogens with zero attached hydrogens (tertiary/aromatic N) is 1. The Bertz CT molecular complexity index is 521.